The molecule has 0 bridgehead atoms. The number of carbonyl (C=O) groups is 2. The Morgan fingerprint density at radius 2 is 1.89 bits per heavy atom. The molecule has 1 aromatic rings. The van der Waals surface area contributed by atoms with E-state index in [0.29, 0.717) is 0 Å². The maximum absolute atomic E-state index is 13.2. The van der Waals surface area contributed by atoms with Crippen LogP contribution in [0.25, 0.3) is 0 Å². The summed E-state index contributed by atoms with van der Waals surface area (Å²) < 4.78 is 45.8. The predicted octanol–water partition coefficient (Wildman–Crippen LogP) is 0.248. The molecule has 0 radical (unpaired) electrons. The summed E-state index contributed by atoms with van der Waals surface area (Å²) in [5.74, 6) is -0.930. The average molecular weight is 544 g/mol. The Kier molecular flexibility index (Phi) is 8.79. The number of aromatic nitrogens is 2. The molecule has 37 heavy (non-hydrogen) atoms. The summed E-state index contributed by atoms with van der Waals surface area (Å²) in [5, 5.41) is 11.2. The average Bonchev–Trinajstić information content (AvgIpc) is 3.07. The number of phosphoric acid groups is 1. The van der Waals surface area contributed by atoms with Crippen molar-refractivity contribution in [1.82, 2.24) is 9.55 Å². The molecule has 2 N–H and O–H groups in total. The van der Waals surface area contributed by atoms with Gasteiger partial charge in [0.15, 0.2) is 17.7 Å². The summed E-state index contributed by atoms with van der Waals surface area (Å²) >= 11 is 0. The van der Waals surface area contributed by atoms with Gasteiger partial charge in [0.2, 0.25) is 0 Å². The van der Waals surface area contributed by atoms with E-state index in [-0.39, 0.29) is 6.42 Å². The van der Waals surface area contributed by atoms with Crippen LogP contribution in [-0.2, 0) is 41.9 Å². The third-order valence-electron chi connectivity index (χ3n) is 5.35. The third-order valence-corrected chi connectivity index (χ3v) is 6.80. The van der Waals surface area contributed by atoms with Crippen molar-refractivity contribution >= 4 is 19.8 Å². The van der Waals surface area contributed by atoms with Gasteiger partial charge < -0.3 is 19.3 Å². The van der Waals surface area contributed by atoms with Crippen molar-refractivity contribution in [3.8, 4) is 12.3 Å². The van der Waals surface area contributed by atoms with Gasteiger partial charge in [0.1, 0.15) is 12.2 Å². The first-order chi connectivity index (χ1) is 17.3. The minimum atomic E-state index is -4.37. The van der Waals surface area contributed by atoms with E-state index >= 15 is 0 Å². The van der Waals surface area contributed by atoms with Gasteiger partial charge >= 0.3 is 25.5 Å². The number of aliphatic hydroxyl groups is 1. The fourth-order valence-corrected chi connectivity index (χ4v) is 5.16. The molecular weight excluding hydrogens is 515 g/mol. The van der Waals surface area contributed by atoms with E-state index in [9.17, 15) is 28.8 Å². The molecule has 14 nitrogen and oxygen atoms in total. The van der Waals surface area contributed by atoms with Crippen molar-refractivity contribution in [3.63, 3.8) is 0 Å². The van der Waals surface area contributed by atoms with Gasteiger partial charge in [0, 0.05) is 12.3 Å². The lowest BCUT2D eigenvalue weighted by atomic mass is 9.95. The fraction of sp³-hybridized carbons (Fsp3) is 0.636. The second-order valence-electron chi connectivity index (χ2n) is 8.93. The molecule has 204 valence electrons. The minimum Gasteiger partial charge on any atom is -0.462 e. The van der Waals surface area contributed by atoms with Crippen molar-refractivity contribution in [2.24, 2.45) is 5.92 Å². The summed E-state index contributed by atoms with van der Waals surface area (Å²) in [4.78, 5) is 50.4. The van der Waals surface area contributed by atoms with Gasteiger partial charge in [-0.05, 0) is 34.1 Å². The van der Waals surface area contributed by atoms with Crippen molar-refractivity contribution in [2.75, 3.05) is 13.2 Å². The highest BCUT2D eigenvalue weighted by Crippen LogP contribution is 2.58. The van der Waals surface area contributed by atoms with E-state index in [0.717, 1.165) is 16.8 Å². The number of nitrogens with zero attached hydrogens (tertiary/aromatic N) is 1. The van der Waals surface area contributed by atoms with Crippen molar-refractivity contribution < 1.29 is 47.0 Å². The third kappa shape index (κ3) is 6.38. The lowest BCUT2D eigenvalue weighted by Gasteiger charge is -2.34. The van der Waals surface area contributed by atoms with Gasteiger partial charge in [-0.2, -0.15) is 0 Å². The number of carbonyl (C=O) groups excluding carboxylic acids is 2. The lowest BCUT2D eigenvalue weighted by Crippen LogP contribution is -2.50. The van der Waals surface area contributed by atoms with Crippen LogP contribution >= 0.6 is 7.82 Å². The highest BCUT2D eigenvalue weighted by Gasteiger charge is 2.62. The van der Waals surface area contributed by atoms with Crippen LogP contribution in [0.1, 0.15) is 40.3 Å². The van der Waals surface area contributed by atoms with Crippen LogP contribution in [0.3, 0.4) is 0 Å². The number of rotatable bonds is 9. The SMILES string of the molecule is C#C[C@@]1(O)[C@@H]2O[P@@](=O)(OCCC(C(=O)OC(C)C)C(=O)OC(C)C)OC[C@H]2O[C@H]1n1ccc(=O)[nH]c1=O. The van der Waals surface area contributed by atoms with Crippen LogP contribution in [0.4, 0.5) is 0 Å². The number of ether oxygens (including phenoxy) is 3. The molecule has 0 saturated carbocycles. The molecule has 0 unspecified atom stereocenters. The zero-order chi connectivity index (χ0) is 27.5. The number of esters is 2. The smallest absolute Gasteiger partial charge is 0.462 e. The number of phosphoric ester groups is 1. The number of hydrogen-bond donors (Lipinski definition) is 2. The molecule has 3 rings (SSSR count). The minimum absolute atomic E-state index is 0.271. The molecule has 15 heteroatoms. The Bertz CT molecular complexity index is 1190. The summed E-state index contributed by atoms with van der Waals surface area (Å²) in [6.45, 7) is 5.61. The monoisotopic (exact) mass is 544 g/mol. The van der Waals surface area contributed by atoms with Crippen LogP contribution in [0, 0.1) is 18.3 Å². The Hall–Kier alpha value is -2.79. The number of terminal acetylenes is 1. The molecule has 0 spiro atoms. The summed E-state index contributed by atoms with van der Waals surface area (Å²) in [6, 6.07) is 1.03. The second kappa shape index (κ2) is 11.3. The summed E-state index contributed by atoms with van der Waals surface area (Å²) in [5.41, 5.74) is -3.88. The standard InChI is InChI=1S/C22H29N2O12P/c1-6-22(29)17-15(35-20(22)24-9-7-16(25)23-21(24)28)11-32-37(30,36-17)31-10-8-14(18(26)33-12(2)3)19(27)34-13(4)5/h1,7,9,12-15,17,20,29H,8,10-11H2,2-5H3,(H,23,25,28)/t15-,17-,20-,22-,37+/m1/s1. The number of fused-ring (bicyclic) bond motifs is 1. The second-order valence-corrected chi connectivity index (χ2v) is 10.6. The first-order valence-electron chi connectivity index (χ1n) is 11.4. The maximum atomic E-state index is 13.2. The highest BCUT2D eigenvalue weighted by atomic mass is 31.2. The summed E-state index contributed by atoms with van der Waals surface area (Å²) in [6.07, 6.45) is 1.35. The summed E-state index contributed by atoms with van der Waals surface area (Å²) in [7, 11) is -4.37. The van der Waals surface area contributed by atoms with Crippen LogP contribution in [0.5, 0.6) is 0 Å². The maximum Gasteiger partial charge on any atom is 0.475 e. The van der Waals surface area contributed by atoms with E-state index in [1.54, 1.807) is 27.7 Å². The molecule has 2 aliphatic rings. The largest absolute Gasteiger partial charge is 0.475 e. The molecule has 1 aromatic heterocycles. The Balaban J connectivity index is 1.73. The van der Waals surface area contributed by atoms with Crippen molar-refractivity contribution in [3.05, 3.63) is 33.1 Å². The van der Waals surface area contributed by atoms with Crippen molar-refractivity contribution in [2.45, 2.75) is 70.4 Å². The van der Waals surface area contributed by atoms with E-state index in [4.69, 9.17) is 34.2 Å². The number of hydrogen-bond acceptors (Lipinski definition) is 12. The van der Waals surface area contributed by atoms with Crippen LogP contribution in [-0.4, -0.2) is 69.8 Å². The quantitative estimate of drug-likeness (QED) is 0.187. The molecule has 3 heterocycles. The van der Waals surface area contributed by atoms with E-state index < -0.39 is 86.4 Å². The zero-order valence-corrected chi connectivity index (χ0v) is 21.5. The molecule has 2 aliphatic heterocycles. The van der Waals surface area contributed by atoms with Gasteiger partial charge in [0.05, 0.1) is 25.4 Å². The van der Waals surface area contributed by atoms with E-state index in [2.05, 4.69) is 5.92 Å². The van der Waals surface area contributed by atoms with Gasteiger partial charge in [-0.1, -0.05) is 5.92 Å². The Labute approximate surface area is 211 Å². The molecule has 0 aromatic carbocycles. The first kappa shape index (κ1) is 28.8. The molecular formula is C22H29N2O12P. The van der Waals surface area contributed by atoms with Gasteiger partial charge in [0.25, 0.3) is 5.56 Å². The number of aromatic amines is 1. The van der Waals surface area contributed by atoms with Crippen LogP contribution in [0.15, 0.2) is 21.9 Å². The Morgan fingerprint density at radius 3 is 2.43 bits per heavy atom. The van der Waals surface area contributed by atoms with E-state index in [1.165, 1.54) is 0 Å². The molecule has 5 atom stereocenters. The van der Waals surface area contributed by atoms with Crippen molar-refractivity contribution in [1.29, 1.82) is 0 Å². The molecule has 2 saturated heterocycles. The highest BCUT2D eigenvalue weighted by molar-refractivity contribution is 7.48. The topological polar surface area (TPSA) is 182 Å². The predicted molar refractivity (Wildman–Crippen MR) is 124 cm³/mol. The van der Waals surface area contributed by atoms with Gasteiger partial charge in [-0.3, -0.25) is 37.5 Å². The number of H-pyrrole nitrogens is 1. The fourth-order valence-electron chi connectivity index (χ4n) is 3.73. The number of nitrogens with one attached hydrogen (secondary N) is 1. The Morgan fingerprint density at radius 1 is 1.27 bits per heavy atom. The lowest BCUT2D eigenvalue weighted by molar-refractivity contribution is -0.167. The molecule has 2 fully saturated rings. The van der Waals surface area contributed by atoms with Crippen LogP contribution in [0.2, 0.25) is 0 Å². The van der Waals surface area contributed by atoms with Gasteiger partial charge in [-0.15, -0.1) is 6.42 Å². The van der Waals surface area contributed by atoms with E-state index in [1.807, 2.05) is 4.98 Å². The first-order valence-corrected chi connectivity index (χ1v) is 12.9. The van der Waals surface area contributed by atoms with Gasteiger partial charge in [-0.25, -0.2) is 9.36 Å². The normalized spacial score (nSPS) is 29.2. The molecule has 0 amide bonds. The zero-order valence-electron chi connectivity index (χ0n) is 20.6. The molecule has 0 aliphatic carbocycles. The van der Waals surface area contributed by atoms with Crippen LogP contribution < -0.4 is 11.2 Å².